The average Bonchev–Trinajstić information content (AvgIpc) is 2.88. The number of aromatic nitrogens is 6. The molecule has 0 spiro atoms. The molecule has 6 aliphatic rings. The maximum absolute atomic E-state index is 14.1. The van der Waals surface area contributed by atoms with E-state index in [1.807, 2.05) is 173 Å². The molecule has 6 aromatic carbocycles. The number of H-pyrrole nitrogens is 2. The minimum Gasteiger partial charge on any atom is -0.324 e. The summed E-state index contributed by atoms with van der Waals surface area (Å²) in [4.78, 5) is 77.6. The van der Waals surface area contributed by atoms with Gasteiger partial charge < -0.3 is 9.97 Å². The van der Waals surface area contributed by atoms with Gasteiger partial charge >= 0.3 is 0 Å². The van der Waals surface area contributed by atoms with Crippen molar-refractivity contribution in [2.24, 2.45) is 10.8 Å². The first-order chi connectivity index (χ1) is 37.7. The molecule has 0 radical (unpaired) electrons. The van der Waals surface area contributed by atoms with E-state index in [4.69, 9.17) is 0 Å². The second-order valence-electron chi connectivity index (χ2n) is 21.5. The van der Waals surface area contributed by atoms with Gasteiger partial charge in [0.2, 0.25) is 23.7 Å². The SMILES string of the molecule is CC1(C(=O)Nc2ncc(-c3cccc4cnccc34)[nH]2)CC2([N+](=O)[O-])c3ccccc3C1c1ccccc12.Cc1cc2c(-c3cnc(NC(=O)C4(C)CC5([N+](=O)[O-])c6ccccc6C4c4ccccc45)[nH]3)cccc2c(C)n1. The molecule has 2 atom stereocenters. The van der Waals surface area contributed by atoms with Gasteiger partial charge in [-0.1, -0.05) is 133 Å². The van der Waals surface area contributed by atoms with Crippen LogP contribution in [0.25, 0.3) is 44.1 Å². The van der Waals surface area contributed by atoms with Crippen LogP contribution in [0.3, 0.4) is 0 Å². The minimum atomic E-state index is -1.50. The van der Waals surface area contributed by atoms with Gasteiger partial charge in [-0.25, -0.2) is 9.97 Å². The Bertz CT molecular complexity index is 4090. The molecule has 16 nitrogen and oxygen atoms in total. The van der Waals surface area contributed by atoms with E-state index in [-0.39, 0.29) is 46.3 Å². The Balaban J connectivity index is 0.000000149. The van der Waals surface area contributed by atoms with Gasteiger partial charge in [0.05, 0.1) is 34.6 Å². The van der Waals surface area contributed by atoms with E-state index in [0.29, 0.717) is 34.2 Å². The summed E-state index contributed by atoms with van der Waals surface area (Å²) in [5.41, 5.74) is 6.13. The Kier molecular flexibility index (Phi) is 10.7. The fourth-order valence-corrected chi connectivity index (χ4v) is 13.8. The largest absolute Gasteiger partial charge is 0.324 e. The molecule has 4 bridgehead atoms. The summed E-state index contributed by atoms with van der Waals surface area (Å²) in [5.74, 6) is -0.651. The first kappa shape index (κ1) is 48.0. The van der Waals surface area contributed by atoms with Crippen LogP contribution < -0.4 is 10.6 Å². The molecule has 4 heterocycles. The molecule has 16 heteroatoms. The Morgan fingerprint density at radius 2 is 0.987 bits per heavy atom. The molecule has 78 heavy (non-hydrogen) atoms. The molecule has 4 aromatic heterocycles. The Morgan fingerprint density at radius 1 is 0.551 bits per heavy atom. The molecule has 0 aliphatic heterocycles. The molecule has 4 N–H and O–H groups in total. The number of imidazole rings is 2. The van der Waals surface area contributed by atoms with E-state index < -0.39 is 21.9 Å². The highest BCUT2D eigenvalue weighted by Crippen LogP contribution is 2.65. The number of aryl methyl sites for hydroxylation is 2. The molecule has 16 rings (SSSR count). The number of nitrogens with one attached hydrogen (secondary N) is 4. The van der Waals surface area contributed by atoms with Gasteiger partial charge in [0, 0.05) is 102 Å². The summed E-state index contributed by atoms with van der Waals surface area (Å²) in [6, 6.07) is 45.8. The maximum atomic E-state index is 14.1. The fourth-order valence-electron chi connectivity index (χ4n) is 13.8. The van der Waals surface area contributed by atoms with Crippen LogP contribution in [-0.2, 0) is 20.7 Å². The monoisotopic (exact) mass is 1030 g/mol. The predicted molar refractivity (Wildman–Crippen MR) is 296 cm³/mol. The number of hydrogen-bond donors (Lipinski definition) is 4. The summed E-state index contributed by atoms with van der Waals surface area (Å²) in [5, 5.41) is 35.8. The smallest absolute Gasteiger partial charge is 0.273 e. The number of aromatic amines is 2. The van der Waals surface area contributed by atoms with E-state index >= 15 is 0 Å². The van der Waals surface area contributed by atoms with Crippen LogP contribution >= 0.6 is 0 Å². The number of pyridine rings is 2. The summed E-state index contributed by atoms with van der Waals surface area (Å²) in [6.07, 6.45) is 7.04. The fraction of sp³-hybridized carbons (Fsp3) is 0.194. The van der Waals surface area contributed by atoms with Crippen LogP contribution in [0.4, 0.5) is 11.9 Å². The summed E-state index contributed by atoms with van der Waals surface area (Å²) < 4.78 is 0. The third kappa shape index (κ3) is 6.84. The Morgan fingerprint density at radius 3 is 1.45 bits per heavy atom. The van der Waals surface area contributed by atoms with Crippen molar-refractivity contribution in [3.05, 3.63) is 247 Å². The number of anilines is 2. The van der Waals surface area contributed by atoms with Crippen LogP contribution in [-0.4, -0.2) is 51.6 Å². The number of rotatable bonds is 8. The number of carbonyl (C=O) groups excluding carboxylic acids is 2. The highest BCUT2D eigenvalue weighted by Gasteiger charge is 2.68. The third-order valence-electron chi connectivity index (χ3n) is 17.1. The van der Waals surface area contributed by atoms with Crippen molar-refractivity contribution < 1.29 is 19.4 Å². The lowest BCUT2D eigenvalue weighted by Gasteiger charge is -2.52. The zero-order valence-corrected chi connectivity index (χ0v) is 42.9. The van der Waals surface area contributed by atoms with Crippen molar-refractivity contribution in [1.82, 2.24) is 29.9 Å². The number of carbonyl (C=O) groups is 2. The second kappa shape index (κ2) is 17.4. The molecule has 0 fully saturated rings. The Hall–Kier alpha value is -9.70. The van der Waals surface area contributed by atoms with Gasteiger partial charge in [0.1, 0.15) is 0 Å². The molecule has 2 unspecified atom stereocenters. The lowest BCUT2D eigenvalue weighted by molar-refractivity contribution is -0.573. The van der Waals surface area contributed by atoms with Gasteiger partial charge in [0.25, 0.3) is 11.1 Å². The van der Waals surface area contributed by atoms with Crippen molar-refractivity contribution in [3.63, 3.8) is 0 Å². The standard InChI is InChI=1S/C32H27N5O3.C30H23N5O3/c1-18-15-24-20(19(2)34-18)11-8-12-21(24)27-16-33-30(35-27)36-29(38)31(3)17-32(37(39)40)25-13-6-4-9-22(25)28(31)23-10-5-7-14-26(23)32;1-29(27(36)34-28-32-16-25(33-28)20-10-6-7-18-15-31-14-13-19(18)20)17-30(35(37)38)23-11-4-2-8-21(23)26(29)22-9-3-5-12-24(22)30/h4-16,28H,17H2,1-3H3,(H2,33,35,36,38);2-16,26H,17H2,1H3,(H2,32,33,34,36). The topological polar surface area (TPSA) is 228 Å². The van der Waals surface area contributed by atoms with Gasteiger partial charge in [0.15, 0.2) is 0 Å². The van der Waals surface area contributed by atoms with Crippen LogP contribution in [0.15, 0.2) is 170 Å². The van der Waals surface area contributed by atoms with E-state index in [2.05, 4.69) is 40.5 Å². The van der Waals surface area contributed by atoms with Crippen LogP contribution in [0.5, 0.6) is 0 Å². The number of nitro groups is 2. The maximum Gasteiger partial charge on any atom is 0.273 e. The number of amides is 2. The minimum absolute atomic E-state index is 0.0555. The summed E-state index contributed by atoms with van der Waals surface area (Å²) >= 11 is 0. The van der Waals surface area contributed by atoms with Crippen molar-refractivity contribution in [1.29, 1.82) is 0 Å². The number of nitrogens with zero attached hydrogens (tertiary/aromatic N) is 6. The van der Waals surface area contributed by atoms with Crippen molar-refractivity contribution in [3.8, 4) is 22.5 Å². The zero-order chi connectivity index (χ0) is 53.9. The molecular weight excluding hydrogens is 981 g/mol. The molecule has 2 amide bonds. The van der Waals surface area contributed by atoms with E-state index in [9.17, 15) is 29.8 Å². The molecule has 384 valence electrons. The lowest BCUT2D eigenvalue weighted by Crippen LogP contribution is -2.57. The highest BCUT2D eigenvalue weighted by atomic mass is 16.6. The van der Waals surface area contributed by atoms with Gasteiger partial charge in [-0.05, 0) is 72.9 Å². The first-order valence-electron chi connectivity index (χ1n) is 25.8. The second-order valence-corrected chi connectivity index (χ2v) is 21.5. The average molecular weight is 1030 g/mol. The molecule has 0 saturated carbocycles. The third-order valence-corrected chi connectivity index (χ3v) is 17.1. The van der Waals surface area contributed by atoms with Gasteiger partial charge in [-0.15, -0.1) is 0 Å². The van der Waals surface area contributed by atoms with Crippen LogP contribution in [0.1, 0.15) is 94.4 Å². The zero-order valence-electron chi connectivity index (χ0n) is 42.9. The molecule has 6 aliphatic carbocycles. The van der Waals surface area contributed by atoms with E-state index in [1.54, 1.807) is 24.8 Å². The predicted octanol–water partition coefficient (Wildman–Crippen LogP) is 11.9. The summed E-state index contributed by atoms with van der Waals surface area (Å²) in [7, 11) is 0. The molecule has 10 aromatic rings. The normalized spacial score (nSPS) is 22.8. The van der Waals surface area contributed by atoms with E-state index in [1.165, 1.54) is 0 Å². The molecular formula is C62H50N10O6. The quantitative estimate of drug-likeness (QED) is 0.0831. The Labute approximate surface area is 446 Å². The van der Waals surface area contributed by atoms with Crippen LogP contribution in [0.2, 0.25) is 0 Å². The number of hydrogen-bond acceptors (Lipinski definition) is 10. The number of benzene rings is 6. The van der Waals surface area contributed by atoms with Gasteiger partial charge in [-0.3, -0.25) is 50.4 Å². The van der Waals surface area contributed by atoms with Crippen molar-refractivity contribution >= 4 is 45.3 Å². The lowest BCUT2D eigenvalue weighted by atomic mass is 9.49. The van der Waals surface area contributed by atoms with Crippen molar-refractivity contribution in [2.75, 3.05) is 10.6 Å². The van der Waals surface area contributed by atoms with Crippen LogP contribution in [0, 0.1) is 44.9 Å². The number of fused-ring (bicyclic) bond motifs is 4. The van der Waals surface area contributed by atoms with Gasteiger partial charge in [-0.2, -0.15) is 0 Å². The summed E-state index contributed by atoms with van der Waals surface area (Å²) in [6.45, 7) is 7.63. The van der Waals surface area contributed by atoms with E-state index in [0.717, 1.165) is 77.7 Å². The highest BCUT2D eigenvalue weighted by molar-refractivity contribution is 6.00. The van der Waals surface area contributed by atoms with Crippen molar-refractivity contribution in [2.45, 2.75) is 63.5 Å². The first-order valence-corrected chi connectivity index (χ1v) is 25.8. The molecule has 0 saturated heterocycles.